The van der Waals surface area contributed by atoms with Gasteiger partial charge in [-0.3, -0.25) is 19.1 Å². The number of nitrogens with one attached hydrogen (secondary N) is 2. The standard InChI is InChI=1S/C24H28FN5O4/c1-24(2,3)20(23(34)27-17(13-31)21(26)32)28-22(33)19-16-6-4-5-7-18(16)30(29-19)12-14-8-10-15(25)11-9-14/h4-11,17,20,31H,12-13H2,1-3H3,(H2,26,32)(H,27,34)(H,28,33)/t17?,20-/m1/s1. The lowest BCUT2D eigenvalue weighted by atomic mass is 9.85. The molecule has 0 aliphatic heterocycles. The summed E-state index contributed by atoms with van der Waals surface area (Å²) in [5.74, 6) is -2.47. The molecule has 1 unspecified atom stereocenters. The van der Waals surface area contributed by atoms with Crippen LogP contribution in [0.5, 0.6) is 0 Å². The maximum atomic E-state index is 13.3. The normalized spacial score (nSPS) is 13.3. The summed E-state index contributed by atoms with van der Waals surface area (Å²) in [5.41, 5.74) is 6.08. The summed E-state index contributed by atoms with van der Waals surface area (Å²) >= 11 is 0. The largest absolute Gasteiger partial charge is 0.394 e. The maximum absolute atomic E-state index is 13.3. The molecular weight excluding hydrogens is 441 g/mol. The van der Waals surface area contributed by atoms with Crippen molar-refractivity contribution in [2.45, 2.75) is 39.4 Å². The lowest BCUT2D eigenvalue weighted by Crippen LogP contribution is -2.58. The van der Waals surface area contributed by atoms with Gasteiger partial charge in [0, 0.05) is 5.39 Å². The lowest BCUT2D eigenvalue weighted by molar-refractivity contribution is -0.131. The van der Waals surface area contributed by atoms with E-state index in [0.29, 0.717) is 17.4 Å². The van der Waals surface area contributed by atoms with E-state index >= 15 is 0 Å². The number of aliphatic hydroxyl groups excluding tert-OH is 1. The van der Waals surface area contributed by atoms with Crippen LogP contribution < -0.4 is 16.4 Å². The van der Waals surface area contributed by atoms with Gasteiger partial charge in [0.1, 0.15) is 17.9 Å². The van der Waals surface area contributed by atoms with Gasteiger partial charge in [-0.25, -0.2) is 4.39 Å². The third kappa shape index (κ3) is 5.57. The van der Waals surface area contributed by atoms with Crippen molar-refractivity contribution in [3.8, 4) is 0 Å². The molecule has 3 amide bonds. The van der Waals surface area contributed by atoms with Gasteiger partial charge in [-0.05, 0) is 29.2 Å². The molecule has 1 heterocycles. The molecule has 0 saturated heterocycles. The van der Waals surface area contributed by atoms with Crippen molar-refractivity contribution >= 4 is 28.6 Å². The number of nitrogens with two attached hydrogens (primary N) is 1. The minimum atomic E-state index is -1.27. The molecule has 1 aromatic heterocycles. The second-order valence-electron chi connectivity index (χ2n) is 9.07. The first-order valence-electron chi connectivity index (χ1n) is 10.7. The number of benzene rings is 2. The molecular formula is C24H28FN5O4. The van der Waals surface area contributed by atoms with E-state index in [1.54, 1.807) is 49.7 Å². The van der Waals surface area contributed by atoms with Crippen molar-refractivity contribution in [2.75, 3.05) is 6.61 Å². The van der Waals surface area contributed by atoms with E-state index in [2.05, 4.69) is 15.7 Å². The average Bonchev–Trinajstić information content (AvgIpc) is 3.14. The quantitative estimate of drug-likeness (QED) is 0.394. The zero-order valence-corrected chi connectivity index (χ0v) is 19.2. The van der Waals surface area contributed by atoms with Crippen LogP contribution in [0.3, 0.4) is 0 Å². The number of fused-ring (bicyclic) bond motifs is 1. The summed E-state index contributed by atoms with van der Waals surface area (Å²) in [7, 11) is 0. The summed E-state index contributed by atoms with van der Waals surface area (Å²) < 4.78 is 14.9. The van der Waals surface area contributed by atoms with Crippen LogP contribution in [0.4, 0.5) is 4.39 Å². The van der Waals surface area contributed by atoms with Crippen molar-refractivity contribution in [3.63, 3.8) is 0 Å². The zero-order valence-electron chi connectivity index (χ0n) is 19.2. The second-order valence-corrected chi connectivity index (χ2v) is 9.07. The molecule has 10 heteroatoms. The molecule has 3 aromatic rings. The topological polar surface area (TPSA) is 139 Å². The zero-order chi connectivity index (χ0) is 25.0. The Morgan fingerprint density at radius 2 is 1.74 bits per heavy atom. The van der Waals surface area contributed by atoms with Crippen molar-refractivity contribution in [1.82, 2.24) is 20.4 Å². The van der Waals surface area contributed by atoms with Crippen molar-refractivity contribution in [1.29, 1.82) is 0 Å². The molecule has 0 aliphatic rings. The van der Waals surface area contributed by atoms with E-state index in [0.717, 1.165) is 5.56 Å². The van der Waals surface area contributed by atoms with Crippen LogP contribution in [-0.2, 0) is 16.1 Å². The van der Waals surface area contributed by atoms with Gasteiger partial charge in [0.05, 0.1) is 18.7 Å². The van der Waals surface area contributed by atoms with Gasteiger partial charge in [0.2, 0.25) is 11.8 Å². The first kappa shape index (κ1) is 24.8. The van der Waals surface area contributed by atoms with Crippen LogP contribution in [0, 0.1) is 11.2 Å². The fraction of sp³-hybridized carbons (Fsp3) is 0.333. The Morgan fingerprint density at radius 1 is 1.09 bits per heavy atom. The highest BCUT2D eigenvalue weighted by Crippen LogP contribution is 2.23. The molecule has 34 heavy (non-hydrogen) atoms. The van der Waals surface area contributed by atoms with Crippen LogP contribution >= 0.6 is 0 Å². The Morgan fingerprint density at radius 3 is 2.32 bits per heavy atom. The van der Waals surface area contributed by atoms with E-state index in [1.165, 1.54) is 12.1 Å². The van der Waals surface area contributed by atoms with Gasteiger partial charge >= 0.3 is 0 Å². The third-order valence-electron chi connectivity index (χ3n) is 5.36. The molecule has 5 N–H and O–H groups in total. The second kappa shape index (κ2) is 10.0. The predicted octanol–water partition coefficient (Wildman–Crippen LogP) is 1.33. The number of halogens is 1. The van der Waals surface area contributed by atoms with E-state index in [-0.39, 0.29) is 11.5 Å². The third-order valence-corrected chi connectivity index (χ3v) is 5.36. The predicted molar refractivity (Wildman–Crippen MR) is 124 cm³/mol. The number of hydrogen-bond acceptors (Lipinski definition) is 5. The van der Waals surface area contributed by atoms with Crippen molar-refractivity contribution in [2.24, 2.45) is 11.1 Å². The summed E-state index contributed by atoms with van der Waals surface area (Å²) in [5, 5.41) is 19.4. The number of amides is 3. The van der Waals surface area contributed by atoms with Crippen molar-refractivity contribution < 1.29 is 23.9 Å². The van der Waals surface area contributed by atoms with Gasteiger partial charge < -0.3 is 21.5 Å². The molecule has 3 rings (SSSR count). The monoisotopic (exact) mass is 469 g/mol. The Kier molecular flexibility index (Phi) is 7.31. The minimum Gasteiger partial charge on any atom is -0.394 e. The minimum absolute atomic E-state index is 0.119. The first-order valence-corrected chi connectivity index (χ1v) is 10.7. The van der Waals surface area contributed by atoms with Gasteiger partial charge in [-0.1, -0.05) is 51.1 Å². The fourth-order valence-electron chi connectivity index (χ4n) is 3.52. The number of carbonyl (C=O) groups excluding carboxylic acids is 3. The van der Waals surface area contributed by atoms with E-state index in [9.17, 15) is 23.9 Å². The Balaban J connectivity index is 1.90. The number of para-hydroxylation sites is 1. The molecule has 0 spiro atoms. The number of rotatable bonds is 8. The van der Waals surface area contributed by atoms with E-state index in [1.807, 2.05) is 12.1 Å². The highest BCUT2D eigenvalue weighted by atomic mass is 19.1. The number of aromatic nitrogens is 2. The maximum Gasteiger partial charge on any atom is 0.273 e. The molecule has 2 aromatic carbocycles. The van der Waals surface area contributed by atoms with Gasteiger partial charge in [0.15, 0.2) is 5.69 Å². The summed E-state index contributed by atoms with van der Waals surface area (Å²) in [4.78, 5) is 37.6. The number of nitrogens with zero attached hydrogens (tertiary/aromatic N) is 2. The van der Waals surface area contributed by atoms with Gasteiger partial charge in [0.25, 0.3) is 5.91 Å². The molecule has 180 valence electrons. The number of hydrogen-bond donors (Lipinski definition) is 4. The van der Waals surface area contributed by atoms with Crippen LogP contribution in [0.25, 0.3) is 10.9 Å². The lowest BCUT2D eigenvalue weighted by Gasteiger charge is -2.31. The van der Waals surface area contributed by atoms with Crippen LogP contribution in [0.15, 0.2) is 48.5 Å². The Hall–Kier alpha value is -3.79. The van der Waals surface area contributed by atoms with Crippen LogP contribution in [0.1, 0.15) is 36.8 Å². The number of primary amides is 1. The Bertz CT molecular complexity index is 1200. The molecule has 2 atom stereocenters. The average molecular weight is 470 g/mol. The smallest absolute Gasteiger partial charge is 0.273 e. The van der Waals surface area contributed by atoms with Gasteiger partial charge in [-0.15, -0.1) is 0 Å². The molecule has 0 aliphatic carbocycles. The van der Waals surface area contributed by atoms with Crippen LogP contribution in [0.2, 0.25) is 0 Å². The number of aliphatic hydroxyl groups is 1. The number of carbonyl (C=O) groups is 3. The van der Waals surface area contributed by atoms with Crippen LogP contribution in [-0.4, -0.2) is 51.3 Å². The highest BCUT2D eigenvalue weighted by molar-refractivity contribution is 6.06. The Labute approximate surface area is 196 Å². The van der Waals surface area contributed by atoms with Gasteiger partial charge in [-0.2, -0.15) is 5.10 Å². The summed E-state index contributed by atoms with van der Waals surface area (Å²) in [6.07, 6.45) is 0. The molecule has 9 nitrogen and oxygen atoms in total. The fourth-order valence-corrected chi connectivity index (χ4v) is 3.52. The van der Waals surface area contributed by atoms with E-state index in [4.69, 9.17) is 5.73 Å². The van der Waals surface area contributed by atoms with Crippen molar-refractivity contribution in [3.05, 3.63) is 65.6 Å². The molecule has 0 radical (unpaired) electrons. The summed E-state index contributed by atoms with van der Waals surface area (Å²) in [6.45, 7) is 4.90. The molecule has 0 bridgehead atoms. The summed E-state index contributed by atoms with van der Waals surface area (Å²) in [6, 6.07) is 10.8. The first-order chi connectivity index (χ1) is 16.0. The highest BCUT2D eigenvalue weighted by Gasteiger charge is 2.35. The molecule has 0 fully saturated rings. The SMILES string of the molecule is CC(C)(C)[C@H](NC(=O)c1nn(Cc2ccc(F)cc2)c2ccccc12)C(=O)NC(CO)C(N)=O. The van der Waals surface area contributed by atoms with E-state index < -0.39 is 41.8 Å². The molecule has 0 saturated carbocycles.